The Hall–Kier alpha value is -1.85. The van der Waals surface area contributed by atoms with Gasteiger partial charge in [-0.3, -0.25) is 4.79 Å². The number of anilines is 2. The van der Waals surface area contributed by atoms with E-state index >= 15 is 0 Å². The molecule has 1 aromatic carbocycles. The van der Waals surface area contributed by atoms with Crippen LogP contribution < -0.4 is 10.6 Å². The Morgan fingerprint density at radius 3 is 2.64 bits per heavy atom. The number of hydrogen-bond donors (Lipinski definition) is 2. The highest BCUT2D eigenvalue weighted by molar-refractivity contribution is 6.43. The number of unbranched alkanes of at least 4 members (excludes halogenated alkanes) is 1. The summed E-state index contributed by atoms with van der Waals surface area (Å²) in [6, 6.07) is 5.23. The van der Waals surface area contributed by atoms with Crippen LogP contribution >= 0.6 is 23.2 Å². The van der Waals surface area contributed by atoms with Crippen molar-refractivity contribution in [1.29, 1.82) is 0 Å². The van der Waals surface area contributed by atoms with Crippen LogP contribution in [0.2, 0.25) is 10.0 Å². The maximum atomic E-state index is 11.8. The van der Waals surface area contributed by atoms with E-state index in [-0.39, 0.29) is 5.91 Å². The third-order valence-corrected chi connectivity index (χ3v) is 3.75. The van der Waals surface area contributed by atoms with Gasteiger partial charge in [-0.25, -0.2) is 9.97 Å². The Kier molecular flexibility index (Phi) is 5.98. The topological polar surface area (TPSA) is 66.9 Å². The van der Waals surface area contributed by atoms with E-state index in [4.69, 9.17) is 23.2 Å². The molecule has 2 N–H and O–H groups in total. The lowest BCUT2D eigenvalue weighted by Crippen LogP contribution is -2.24. The van der Waals surface area contributed by atoms with E-state index in [0.717, 1.165) is 12.8 Å². The number of nitrogens with zero attached hydrogens (tertiary/aromatic N) is 2. The van der Waals surface area contributed by atoms with Gasteiger partial charge >= 0.3 is 0 Å². The van der Waals surface area contributed by atoms with Crippen LogP contribution in [-0.4, -0.2) is 22.4 Å². The van der Waals surface area contributed by atoms with Gasteiger partial charge in [0.2, 0.25) is 5.95 Å². The lowest BCUT2D eigenvalue weighted by molar-refractivity contribution is 0.0952. The van der Waals surface area contributed by atoms with Crippen LogP contribution in [0.1, 0.15) is 30.1 Å². The molecule has 0 saturated heterocycles. The van der Waals surface area contributed by atoms with Crippen molar-refractivity contribution in [1.82, 2.24) is 15.3 Å². The van der Waals surface area contributed by atoms with E-state index in [2.05, 4.69) is 27.5 Å². The Bertz CT molecular complexity index is 646. The maximum absolute atomic E-state index is 11.8. The smallest absolute Gasteiger partial charge is 0.254 e. The van der Waals surface area contributed by atoms with Crippen molar-refractivity contribution >= 4 is 40.7 Å². The van der Waals surface area contributed by atoms with Gasteiger partial charge in [-0.2, -0.15) is 0 Å². The average molecular weight is 339 g/mol. The molecule has 0 aliphatic heterocycles. The summed E-state index contributed by atoms with van der Waals surface area (Å²) in [4.78, 5) is 20.1. The summed E-state index contributed by atoms with van der Waals surface area (Å²) in [5.41, 5.74) is 1.02. The Morgan fingerprint density at radius 1 is 1.23 bits per heavy atom. The third-order valence-electron chi connectivity index (χ3n) is 2.93. The predicted molar refractivity (Wildman–Crippen MR) is 89.0 cm³/mol. The molecule has 5 nitrogen and oxygen atoms in total. The predicted octanol–water partition coefficient (Wildman–Crippen LogP) is 4.06. The minimum Gasteiger partial charge on any atom is -0.352 e. The number of amides is 1. The maximum Gasteiger partial charge on any atom is 0.254 e. The van der Waals surface area contributed by atoms with Crippen molar-refractivity contribution in [3.05, 3.63) is 46.2 Å². The molecule has 0 saturated carbocycles. The molecule has 0 unspecified atom stereocenters. The summed E-state index contributed by atoms with van der Waals surface area (Å²) < 4.78 is 0. The number of rotatable bonds is 6. The zero-order valence-corrected chi connectivity index (χ0v) is 13.6. The van der Waals surface area contributed by atoms with E-state index in [1.807, 2.05) is 0 Å². The van der Waals surface area contributed by atoms with Crippen LogP contribution in [0.15, 0.2) is 30.6 Å². The fourth-order valence-corrected chi connectivity index (χ4v) is 2.06. The van der Waals surface area contributed by atoms with Crippen molar-refractivity contribution in [2.24, 2.45) is 0 Å². The fourth-order valence-electron chi connectivity index (χ4n) is 1.71. The summed E-state index contributed by atoms with van der Waals surface area (Å²) in [7, 11) is 0. The lowest BCUT2D eigenvalue weighted by atomic mass is 10.3. The van der Waals surface area contributed by atoms with E-state index in [9.17, 15) is 4.79 Å². The summed E-state index contributed by atoms with van der Waals surface area (Å²) in [6.45, 7) is 2.71. The first-order chi connectivity index (χ1) is 10.6. The standard InChI is InChI=1S/C15H16Cl2N4O/c1-2-3-7-18-14(22)10-8-19-15(20-9-10)21-12-6-4-5-11(16)13(12)17/h4-6,8-9H,2-3,7H2,1H3,(H,18,22)(H,19,20,21). The zero-order valence-electron chi connectivity index (χ0n) is 12.1. The van der Waals surface area contributed by atoms with E-state index in [1.54, 1.807) is 18.2 Å². The summed E-state index contributed by atoms with van der Waals surface area (Å²) in [5, 5.41) is 6.61. The SMILES string of the molecule is CCCCNC(=O)c1cnc(Nc2cccc(Cl)c2Cl)nc1. The molecule has 1 aromatic heterocycles. The second-order valence-electron chi connectivity index (χ2n) is 4.63. The van der Waals surface area contributed by atoms with Crippen molar-refractivity contribution in [3.63, 3.8) is 0 Å². The van der Waals surface area contributed by atoms with Gasteiger partial charge in [-0.1, -0.05) is 42.6 Å². The molecule has 0 aliphatic carbocycles. The van der Waals surface area contributed by atoms with E-state index < -0.39 is 0 Å². The van der Waals surface area contributed by atoms with Gasteiger partial charge in [0.1, 0.15) is 0 Å². The van der Waals surface area contributed by atoms with Crippen LogP contribution in [0.5, 0.6) is 0 Å². The van der Waals surface area contributed by atoms with Gasteiger partial charge in [-0.05, 0) is 18.6 Å². The van der Waals surface area contributed by atoms with Crippen LogP contribution in [0, 0.1) is 0 Å². The van der Waals surface area contributed by atoms with Gasteiger partial charge in [-0.15, -0.1) is 0 Å². The normalized spacial score (nSPS) is 10.3. The van der Waals surface area contributed by atoms with Gasteiger partial charge in [0.15, 0.2) is 0 Å². The van der Waals surface area contributed by atoms with Crippen molar-refractivity contribution in [3.8, 4) is 0 Å². The first-order valence-corrected chi connectivity index (χ1v) is 7.68. The van der Waals surface area contributed by atoms with Gasteiger partial charge in [0.25, 0.3) is 5.91 Å². The molecule has 116 valence electrons. The van der Waals surface area contributed by atoms with Crippen molar-refractivity contribution in [2.45, 2.75) is 19.8 Å². The Balaban J connectivity index is 2.03. The molecule has 22 heavy (non-hydrogen) atoms. The van der Waals surface area contributed by atoms with E-state index in [0.29, 0.717) is 33.8 Å². The summed E-state index contributed by atoms with van der Waals surface area (Å²) in [6.07, 6.45) is 4.91. The minimum atomic E-state index is -0.180. The number of carbonyl (C=O) groups excluding carboxylic acids is 1. The summed E-state index contributed by atoms with van der Waals surface area (Å²) in [5.74, 6) is 0.162. The van der Waals surface area contributed by atoms with Crippen LogP contribution in [0.4, 0.5) is 11.6 Å². The molecule has 0 spiro atoms. The highest BCUT2D eigenvalue weighted by Gasteiger charge is 2.08. The van der Waals surface area contributed by atoms with Gasteiger partial charge in [0, 0.05) is 18.9 Å². The second kappa shape index (κ2) is 7.96. The van der Waals surface area contributed by atoms with E-state index in [1.165, 1.54) is 12.4 Å². The van der Waals surface area contributed by atoms with Crippen LogP contribution in [0.3, 0.4) is 0 Å². The Morgan fingerprint density at radius 2 is 1.95 bits per heavy atom. The minimum absolute atomic E-state index is 0.180. The molecular weight excluding hydrogens is 323 g/mol. The molecule has 0 fully saturated rings. The number of carbonyl (C=O) groups is 1. The first kappa shape index (κ1) is 16.5. The molecular formula is C15H16Cl2N4O. The van der Waals surface area contributed by atoms with Crippen LogP contribution in [0.25, 0.3) is 0 Å². The lowest BCUT2D eigenvalue weighted by Gasteiger charge is -2.08. The number of benzene rings is 1. The van der Waals surface area contributed by atoms with Crippen LogP contribution in [-0.2, 0) is 0 Å². The number of halogens is 2. The Labute approximate surface area is 139 Å². The van der Waals surface area contributed by atoms with Crippen molar-refractivity contribution < 1.29 is 4.79 Å². The average Bonchev–Trinajstić information content (AvgIpc) is 2.53. The molecule has 0 atom stereocenters. The molecule has 2 rings (SSSR count). The molecule has 2 aromatic rings. The molecule has 0 radical (unpaired) electrons. The van der Waals surface area contributed by atoms with Gasteiger partial charge in [0.05, 0.1) is 21.3 Å². The van der Waals surface area contributed by atoms with Crippen molar-refractivity contribution in [2.75, 3.05) is 11.9 Å². The number of nitrogens with one attached hydrogen (secondary N) is 2. The monoisotopic (exact) mass is 338 g/mol. The molecule has 7 heteroatoms. The highest BCUT2D eigenvalue weighted by Crippen LogP contribution is 2.30. The highest BCUT2D eigenvalue weighted by atomic mass is 35.5. The molecule has 0 bridgehead atoms. The fraction of sp³-hybridized carbons (Fsp3) is 0.267. The number of aromatic nitrogens is 2. The first-order valence-electron chi connectivity index (χ1n) is 6.93. The molecule has 0 aliphatic rings. The second-order valence-corrected chi connectivity index (χ2v) is 5.42. The number of hydrogen-bond acceptors (Lipinski definition) is 4. The summed E-state index contributed by atoms with van der Waals surface area (Å²) >= 11 is 12.0. The molecule has 1 heterocycles. The quantitative estimate of drug-likeness (QED) is 0.779. The van der Waals surface area contributed by atoms with Gasteiger partial charge < -0.3 is 10.6 Å². The zero-order chi connectivity index (χ0) is 15.9. The molecule has 1 amide bonds. The largest absolute Gasteiger partial charge is 0.352 e. The third kappa shape index (κ3) is 4.32.